The van der Waals surface area contributed by atoms with Gasteiger partial charge in [0.1, 0.15) is 12.1 Å². The van der Waals surface area contributed by atoms with E-state index in [0.717, 1.165) is 5.56 Å². The third kappa shape index (κ3) is 7.70. The topological polar surface area (TPSA) is 122 Å². The van der Waals surface area contributed by atoms with Crippen LogP contribution in [0.3, 0.4) is 0 Å². The molecule has 162 valence electrons. The number of nitriles is 1. The number of carbonyl (C=O) groups is 2. The fraction of sp³-hybridized carbons (Fsp3) is 0.273. The second-order valence-electron chi connectivity index (χ2n) is 6.20. The van der Waals surface area contributed by atoms with Crippen molar-refractivity contribution in [3.8, 4) is 17.6 Å². The second kappa shape index (κ2) is 12.5. The molecule has 0 radical (unpaired) electrons. The minimum absolute atomic E-state index is 0.101. The van der Waals surface area contributed by atoms with Gasteiger partial charge in [-0.2, -0.15) is 10.4 Å². The predicted octanol–water partition coefficient (Wildman–Crippen LogP) is 2.41. The van der Waals surface area contributed by atoms with E-state index in [-0.39, 0.29) is 19.6 Å². The minimum atomic E-state index is -0.866. The van der Waals surface area contributed by atoms with Gasteiger partial charge < -0.3 is 19.5 Å². The van der Waals surface area contributed by atoms with E-state index in [1.54, 1.807) is 25.1 Å². The Hall–Kier alpha value is -4.06. The van der Waals surface area contributed by atoms with Crippen LogP contribution in [0.15, 0.2) is 53.6 Å². The van der Waals surface area contributed by atoms with Crippen LogP contribution < -0.4 is 20.2 Å². The van der Waals surface area contributed by atoms with Crippen molar-refractivity contribution in [3.63, 3.8) is 0 Å². The first-order valence-electron chi connectivity index (χ1n) is 9.55. The van der Waals surface area contributed by atoms with Gasteiger partial charge in [-0.3, -0.25) is 4.79 Å². The molecule has 0 aliphatic rings. The molecule has 2 aromatic carbocycles. The SMILES string of the molecule is CCOC(=O)N[C@H](Cc1ccccc1)C(=O)N/N=C\c1ccc(OCC#N)c(OC)c1. The van der Waals surface area contributed by atoms with Crippen LogP contribution in [0.1, 0.15) is 18.1 Å². The molecule has 9 heteroatoms. The van der Waals surface area contributed by atoms with E-state index < -0.39 is 18.0 Å². The molecule has 0 aromatic heterocycles. The molecule has 2 aromatic rings. The summed E-state index contributed by atoms with van der Waals surface area (Å²) in [4.78, 5) is 24.4. The average molecular weight is 424 g/mol. The minimum Gasteiger partial charge on any atom is -0.493 e. The van der Waals surface area contributed by atoms with E-state index in [1.165, 1.54) is 13.3 Å². The molecule has 0 aliphatic carbocycles. The maximum Gasteiger partial charge on any atom is 0.407 e. The quantitative estimate of drug-likeness (QED) is 0.446. The normalized spacial score (nSPS) is 11.3. The van der Waals surface area contributed by atoms with E-state index in [1.807, 2.05) is 36.4 Å². The molecular formula is C22H24N4O5. The fourth-order valence-corrected chi connectivity index (χ4v) is 2.62. The van der Waals surface area contributed by atoms with Gasteiger partial charge in [-0.05, 0) is 36.2 Å². The summed E-state index contributed by atoms with van der Waals surface area (Å²) >= 11 is 0. The highest BCUT2D eigenvalue weighted by atomic mass is 16.5. The molecule has 0 spiro atoms. The van der Waals surface area contributed by atoms with Gasteiger partial charge in [-0.1, -0.05) is 30.3 Å². The molecular weight excluding hydrogens is 400 g/mol. The van der Waals surface area contributed by atoms with Crippen molar-refractivity contribution in [1.82, 2.24) is 10.7 Å². The summed E-state index contributed by atoms with van der Waals surface area (Å²) < 4.78 is 15.4. The monoisotopic (exact) mass is 424 g/mol. The van der Waals surface area contributed by atoms with Gasteiger partial charge >= 0.3 is 6.09 Å². The van der Waals surface area contributed by atoms with E-state index in [0.29, 0.717) is 17.1 Å². The third-order valence-corrected chi connectivity index (χ3v) is 4.03. The molecule has 2 N–H and O–H groups in total. The number of hydrazone groups is 1. The van der Waals surface area contributed by atoms with Gasteiger partial charge in [0.25, 0.3) is 5.91 Å². The number of hydrogen-bond acceptors (Lipinski definition) is 7. The highest BCUT2D eigenvalue weighted by molar-refractivity contribution is 5.87. The van der Waals surface area contributed by atoms with Crippen LogP contribution in [0.5, 0.6) is 11.5 Å². The van der Waals surface area contributed by atoms with Gasteiger partial charge in [-0.15, -0.1) is 0 Å². The Morgan fingerprint density at radius 2 is 1.97 bits per heavy atom. The Bertz CT molecular complexity index is 941. The third-order valence-electron chi connectivity index (χ3n) is 4.03. The summed E-state index contributed by atoms with van der Waals surface area (Å²) in [5.74, 6) is 0.359. The first kappa shape index (κ1) is 23.2. The van der Waals surface area contributed by atoms with Crippen molar-refractivity contribution >= 4 is 18.2 Å². The first-order valence-corrected chi connectivity index (χ1v) is 9.55. The Morgan fingerprint density at radius 1 is 1.19 bits per heavy atom. The van der Waals surface area contributed by atoms with Crippen molar-refractivity contribution in [2.75, 3.05) is 20.3 Å². The molecule has 2 amide bonds. The second-order valence-corrected chi connectivity index (χ2v) is 6.20. The summed E-state index contributed by atoms with van der Waals surface area (Å²) in [6, 6.07) is 15.3. The molecule has 0 aliphatic heterocycles. The van der Waals surface area contributed by atoms with Crippen molar-refractivity contribution < 1.29 is 23.8 Å². The molecule has 31 heavy (non-hydrogen) atoms. The van der Waals surface area contributed by atoms with Crippen LogP contribution in [0.2, 0.25) is 0 Å². The molecule has 2 rings (SSSR count). The largest absolute Gasteiger partial charge is 0.493 e. The fourth-order valence-electron chi connectivity index (χ4n) is 2.62. The Morgan fingerprint density at radius 3 is 2.65 bits per heavy atom. The summed E-state index contributed by atoms with van der Waals surface area (Å²) in [5, 5.41) is 15.1. The maximum absolute atomic E-state index is 12.6. The Balaban J connectivity index is 2.05. The number of amides is 2. The number of benzene rings is 2. The summed E-state index contributed by atoms with van der Waals surface area (Å²) in [6.45, 7) is 1.77. The smallest absolute Gasteiger partial charge is 0.407 e. The lowest BCUT2D eigenvalue weighted by Gasteiger charge is -2.16. The standard InChI is InChI=1S/C22H24N4O5/c1-3-30-22(28)25-18(13-16-7-5-4-6-8-16)21(27)26-24-15-17-9-10-19(31-12-11-23)20(14-17)29-2/h4-10,14-15,18H,3,12-13H2,1-2H3,(H,25,28)(H,26,27)/b24-15-/t18-/m1/s1. The van der Waals surface area contributed by atoms with Crippen molar-refractivity contribution in [1.29, 1.82) is 5.26 Å². The lowest BCUT2D eigenvalue weighted by Crippen LogP contribution is -2.47. The van der Waals surface area contributed by atoms with Gasteiger partial charge in [0, 0.05) is 6.42 Å². The van der Waals surface area contributed by atoms with Gasteiger partial charge in [-0.25, -0.2) is 10.2 Å². The number of rotatable bonds is 10. The van der Waals surface area contributed by atoms with E-state index >= 15 is 0 Å². The molecule has 0 unspecified atom stereocenters. The molecule has 0 saturated carbocycles. The van der Waals surface area contributed by atoms with Crippen molar-refractivity contribution in [3.05, 3.63) is 59.7 Å². The van der Waals surface area contributed by atoms with Crippen molar-refractivity contribution in [2.24, 2.45) is 5.10 Å². The molecule has 9 nitrogen and oxygen atoms in total. The van der Waals surface area contributed by atoms with Crippen LogP contribution in [0.4, 0.5) is 4.79 Å². The van der Waals surface area contributed by atoms with Crippen LogP contribution in [0, 0.1) is 11.3 Å². The number of ether oxygens (including phenoxy) is 3. The summed E-state index contributed by atoms with van der Waals surface area (Å²) in [7, 11) is 1.48. The zero-order valence-electron chi connectivity index (χ0n) is 17.3. The van der Waals surface area contributed by atoms with Gasteiger partial charge in [0.2, 0.25) is 0 Å². The number of nitrogens with zero attached hydrogens (tertiary/aromatic N) is 2. The number of nitrogens with one attached hydrogen (secondary N) is 2. The molecule has 0 saturated heterocycles. The molecule has 1 atom stereocenters. The number of carbonyl (C=O) groups excluding carboxylic acids is 2. The summed E-state index contributed by atoms with van der Waals surface area (Å²) in [5.41, 5.74) is 3.94. The average Bonchev–Trinajstić information content (AvgIpc) is 2.78. The zero-order chi connectivity index (χ0) is 22.5. The van der Waals surface area contributed by atoms with Gasteiger partial charge in [0.15, 0.2) is 18.1 Å². The van der Waals surface area contributed by atoms with Gasteiger partial charge in [0.05, 0.1) is 19.9 Å². The number of methoxy groups -OCH3 is 1. The zero-order valence-corrected chi connectivity index (χ0v) is 17.3. The predicted molar refractivity (Wildman–Crippen MR) is 114 cm³/mol. The Labute approximate surface area is 180 Å². The van der Waals surface area contributed by atoms with Crippen LogP contribution in [-0.2, 0) is 16.0 Å². The van der Waals surface area contributed by atoms with Crippen LogP contribution in [0.25, 0.3) is 0 Å². The van der Waals surface area contributed by atoms with E-state index in [4.69, 9.17) is 19.5 Å². The molecule has 0 fully saturated rings. The highest BCUT2D eigenvalue weighted by Gasteiger charge is 2.21. The van der Waals surface area contributed by atoms with Crippen LogP contribution >= 0.6 is 0 Å². The lowest BCUT2D eigenvalue weighted by atomic mass is 10.1. The maximum atomic E-state index is 12.6. The number of alkyl carbamates (subject to hydrolysis) is 1. The van der Waals surface area contributed by atoms with Crippen LogP contribution in [-0.4, -0.2) is 44.6 Å². The molecule has 0 bridgehead atoms. The lowest BCUT2D eigenvalue weighted by molar-refractivity contribution is -0.123. The highest BCUT2D eigenvalue weighted by Crippen LogP contribution is 2.27. The summed E-state index contributed by atoms with van der Waals surface area (Å²) in [6.07, 6.45) is 1.03. The van der Waals surface area contributed by atoms with E-state index in [9.17, 15) is 9.59 Å². The number of hydrogen-bond donors (Lipinski definition) is 2. The Kier molecular flexibility index (Phi) is 9.36. The van der Waals surface area contributed by atoms with E-state index in [2.05, 4.69) is 15.8 Å². The molecule has 0 heterocycles. The first-order chi connectivity index (χ1) is 15.1. The van der Waals surface area contributed by atoms with Crippen molar-refractivity contribution in [2.45, 2.75) is 19.4 Å².